The van der Waals surface area contributed by atoms with E-state index in [4.69, 9.17) is 4.74 Å². The maximum Gasteiger partial charge on any atom is 0.0509 e. The van der Waals surface area contributed by atoms with Gasteiger partial charge in [0.2, 0.25) is 0 Å². The van der Waals surface area contributed by atoms with Crippen molar-refractivity contribution in [1.29, 1.82) is 0 Å². The zero-order valence-electron chi connectivity index (χ0n) is 9.29. The number of benzene rings is 1. The maximum absolute atomic E-state index is 5.43. The van der Waals surface area contributed by atoms with E-state index in [1.807, 2.05) is 0 Å². The van der Waals surface area contributed by atoms with Crippen LogP contribution < -0.4 is 0 Å². The highest BCUT2D eigenvalue weighted by atomic mass is 79.9. The van der Waals surface area contributed by atoms with E-state index in [1.165, 1.54) is 23.1 Å². The lowest BCUT2D eigenvalue weighted by molar-refractivity contribution is 0.185. The Balaban J connectivity index is 2.20. The largest absolute Gasteiger partial charge is 0.381 e. The molecule has 1 saturated heterocycles. The summed E-state index contributed by atoms with van der Waals surface area (Å²) in [5.74, 6) is 0.631. The molecule has 1 heterocycles. The Kier molecular flexibility index (Phi) is 3.47. The van der Waals surface area contributed by atoms with Crippen molar-refractivity contribution in [3.8, 4) is 0 Å². The Morgan fingerprint density at radius 2 is 2.20 bits per heavy atom. The van der Waals surface area contributed by atoms with Crippen LogP contribution in [-0.4, -0.2) is 13.2 Å². The molecule has 2 heteroatoms. The quantitative estimate of drug-likeness (QED) is 0.742. The highest BCUT2D eigenvalue weighted by molar-refractivity contribution is 9.09. The van der Waals surface area contributed by atoms with Crippen molar-refractivity contribution in [1.82, 2.24) is 0 Å². The molecule has 0 spiro atoms. The first-order valence-corrected chi connectivity index (χ1v) is 6.39. The summed E-state index contributed by atoms with van der Waals surface area (Å²) in [6, 6.07) is 6.67. The molecule has 15 heavy (non-hydrogen) atoms. The molecule has 0 saturated carbocycles. The fourth-order valence-electron chi connectivity index (χ4n) is 2.17. The molecule has 1 aromatic carbocycles. The monoisotopic (exact) mass is 268 g/mol. The molecule has 1 aromatic rings. The van der Waals surface area contributed by atoms with E-state index < -0.39 is 0 Å². The van der Waals surface area contributed by atoms with E-state index in [0.29, 0.717) is 10.7 Å². The number of halogens is 1. The topological polar surface area (TPSA) is 9.23 Å². The van der Waals surface area contributed by atoms with Crippen LogP contribution in [0.1, 0.15) is 27.9 Å². The van der Waals surface area contributed by atoms with Gasteiger partial charge in [-0.2, -0.15) is 0 Å². The van der Waals surface area contributed by atoms with Crippen LogP contribution in [0.5, 0.6) is 0 Å². The zero-order valence-corrected chi connectivity index (χ0v) is 10.9. The Labute approximate surface area is 100.0 Å². The SMILES string of the molecule is Cc1ccc(C(Br)C2CCOC2)c(C)c1. The number of hydrogen-bond acceptors (Lipinski definition) is 1. The van der Waals surface area contributed by atoms with Crippen LogP contribution in [0.4, 0.5) is 0 Å². The molecule has 0 N–H and O–H groups in total. The maximum atomic E-state index is 5.43. The summed E-state index contributed by atoms with van der Waals surface area (Å²) in [6.45, 7) is 6.13. The molecule has 1 fully saturated rings. The summed E-state index contributed by atoms with van der Waals surface area (Å²) in [5, 5.41) is 0. The van der Waals surface area contributed by atoms with Crippen molar-refractivity contribution < 1.29 is 4.74 Å². The van der Waals surface area contributed by atoms with Crippen molar-refractivity contribution in [2.75, 3.05) is 13.2 Å². The smallest absolute Gasteiger partial charge is 0.0509 e. The van der Waals surface area contributed by atoms with Gasteiger partial charge in [0, 0.05) is 17.4 Å². The molecule has 1 nitrogen and oxygen atoms in total. The van der Waals surface area contributed by atoms with E-state index in [0.717, 1.165) is 13.2 Å². The van der Waals surface area contributed by atoms with Crippen molar-refractivity contribution in [2.24, 2.45) is 5.92 Å². The fraction of sp³-hybridized carbons (Fsp3) is 0.538. The second-order valence-electron chi connectivity index (χ2n) is 4.39. The number of aryl methyl sites for hydroxylation is 2. The Bertz CT molecular complexity index is 342. The van der Waals surface area contributed by atoms with E-state index in [-0.39, 0.29) is 0 Å². The molecular weight excluding hydrogens is 252 g/mol. The van der Waals surface area contributed by atoms with E-state index in [1.54, 1.807) is 0 Å². The second-order valence-corrected chi connectivity index (χ2v) is 5.37. The van der Waals surface area contributed by atoms with E-state index >= 15 is 0 Å². The molecule has 82 valence electrons. The first-order valence-electron chi connectivity index (χ1n) is 5.47. The summed E-state index contributed by atoms with van der Waals surface area (Å²) in [4.78, 5) is 0.445. The van der Waals surface area contributed by atoms with Crippen molar-refractivity contribution in [2.45, 2.75) is 25.1 Å². The van der Waals surface area contributed by atoms with Crippen LogP contribution in [0.2, 0.25) is 0 Å². The highest BCUT2D eigenvalue weighted by Gasteiger charge is 2.25. The van der Waals surface area contributed by atoms with Crippen molar-refractivity contribution in [3.63, 3.8) is 0 Å². The minimum absolute atomic E-state index is 0.445. The lowest BCUT2D eigenvalue weighted by atomic mass is 9.94. The zero-order chi connectivity index (χ0) is 10.8. The van der Waals surface area contributed by atoms with Gasteiger partial charge in [0.15, 0.2) is 0 Å². The van der Waals surface area contributed by atoms with Gasteiger partial charge in [0.25, 0.3) is 0 Å². The van der Waals surface area contributed by atoms with Crippen LogP contribution in [0.15, 0.2) is 18.2 Å². The lowest BCUT2D eigenvalue weighted by Gasteiger charge is -2.18. The van der Waals surface area contributed by atoms with Gasteiger partial charge in [0.05, 0.1) is 6.61 Å². The van der Waals surface area contributed by atoms with Gasteiger partial charge in [-0.3, -0.25) is 0 Å². The number of ether oxygens (including phenoxy) is 1. The average Bonchev–Trinajstić information content (AvgIpc) is 2.69. The molecule has 2 unspecified atom stereocenters. The third-order valence-electron chi connectivity index (χ3n) is 3.10. The second kappa shape index (κ2) is 4.67. The minimum Gasteiger partial charge on any atom is -0.381 e. The summed E-state index contributed by atoms with van der Waals surface area (Å²) in [5.41, 5.74) is 4.12. The fourth-order valence-corrected chi connectivity index (χ4v) is 3.10. The Morgan fingerprint density at radius 1 is 1.40 bits per heavy atom. The van der Waals surface area contributed by atoms with Crippen LogP contribution in [0, 0.1) is 19.8 Å². The predicted molar refractivity (Wildman–Crippen MR) is 66.5 cm³/mol. The standard InChI is InChI=1S/C13H17BrO/c1-9-3-4-12(10(2)7-9)13(14)11-5-6-15-8-11/h3-4,7,11,13H,5-6,8H2,1-2H3. The lowest BCUT2D eigenvalue weighted by Crippen LogP contribution is -2.08. The van der Waals surface area contributed by atoms with Crippen LogP contribution in [-0.2, 0) is 4.74 Å². The molecule has 1 aliphatic heterocycles. The molecule has 0 amide bonds. The van der Waals surface area contributed by atoms with E-state index in [2.05, 4.69) is 48.0 Å². The Morgan fingerprint density at radius 3 is 2.80 bits per heavy atom. The summed E-state index contributed by atoms with van der Waals surface area (Å²) in [6.07, 6.45) is 1.17. The van der Waals surface area contributed by atoms with E-state index in [9.17, 15) is 0 Å². The van der Waals surface area contributed by atoms with Gasteiger partial charge >= 0.3 is 0 Å². The highest BCUT2D eigenvalue weighted by Crippen LogP contribution is 2.37. The summed E-state index contributed by atoms with van der Waals surface area (Å²) in [7, 11) is 0. The molecule has 2 rings (SSSR count). The van der Waals surface area contributed by atoms with Crippen molar-refractivity contribution >= 4 is 15.9 Å². The normalized spacial score (nSPS) is 23.0. The summed E-state index contributed by atoms with van der Waals surface area (Å²) < 4.78 is 5.43. The van der Waals surface area contributed by atoms with Gasteiger partial charge in [-0.25, -0.2) is 0 Å². The number of hydrogen-bond donors (Lipinski definition) is 0. The molecular formula is C13H17BrO. The van der Waals surface area contributed by atoms with Gasteiger partial charge in [-0.15, -0.1) is 0 Å². The molecule has 0 bridgehead atoms. The first kappa shape index (κ1) is 11.2. The molecule has 0 radical (unpaired) electrons. The minimum atomic E-state index is 0.445. The van der Waals surface area contributed by atoms with Crippen LogP contribution >= 0.6 is 15.9 Å². The summed E-state index contributed by atoms with van der Waals surface area (Å²) >= 11 is 3.81. The van der Waals surface area contributed by atoms with Crippen LogP contribution in [0.3, 0.4) is 0 Å². The van der Waals surface area contributed by atoms with Gasteiger partial charge < -0.3 is 4.74 Å². The predicted octanol–water partition coefficient (Wildman–Crippen LogP) is 3.78. The molecule has 0 aromatic heterocycles. The first-order chi connectivity index (χ1) is 7.18. The molecule has 1 aliphatic rings. The molecule has 0 aliphatic carbocycles. The third kappa shape index (κ3) is 2.43. The van der Waals surface area contributed by atoms with Gasteiger partial charge in [-0.05, 0) is 31.4 Å². The van der Waals surface area contributed by atoms with Crippen molar-refractivity contribution in [3.05, 3.63) is 34.9 Å². The molecule has 2 atom stereocenters. The van der Waals surface area contributed by atoms with Gasteiger partial charge in [-0.1, -0.05) is 39.7 Å². The third-order valence-corrected chi connectivity index (χ3v) is 4.34. The van der Waals surface area contributed by atoms with Gasteiger partial charge in [0.1, 0.15) is 0 Å². The Hall–Kier alpha value is -0.340. The number of rotatable bonds is 2. The average molecular weight is 269 g/mol. The number of alkyl halides is 1. The van der Waals surface area contributed by atoms with Crippen LogP contribution in [0.25, 0.3) is 0 Å².